The molecule has 0 amide bonds. The van der Waals surface area contributed by atoms with Crippen LogP contribution in [0.25, 0.3) is 0 Å². The number of unbranched alkanes of at least 4 members (excludes halogenated alkanes) is 1. The number of nitrogen functional groups attached to an aromatic ring is 1. The van der Waals surface area contributed by atoms with Gasteiger partial charge in [-0.25, -0.2) is 13.1 Å². The fraction of sp³-hybridized carbons (Fsp3) is 0.455. The van der Waals surface area contributed by atoms with E-state index >= 15 is 0 Å². The van der Waals surface area contributed by atoms with Crippen molar-refractivity contribution < 1.29 is 8.42 Å². The Morgan fingerprint density at radius 2 is 2.00 bits per heavy atom. The minimum Gasteiger partial charge on any atom is -0.396 e. The van der Waals surface area contributed by atoms with Crippen molar-refractivity contribution >= 4 is 50.7 Å². The Kier molecular flexibility index (Phi) is 6.76. The minimum atomic E-state index is -3.64. The van der Waals surface area contributed by atoms with Crippen molar-refractivity contribution in [3.8, 4) is 0 Å². The average molecular weight is 343 g/mol. The molecule has 108 valence electrons. The van der Waals surface area contributed by atoms with Gasteiger partial charge in [0.2, 0.25) is 10.0 Å². The number of sulfonamides is 1. The van der Waals surface area contributed by atoms with Gasteiger partial charge < -0.3 is 5.73 Å². The van der Waals surface area contributed by atoms with E-state index in [0.717, 1.165) is 18.6 Å². The third-order valence-electron chi connectivity index (χ3n) is 2.45. The van der Waals surface area contributed by atoms with Crippen molar-refractivity contribution in [2.24, 2.45) is 0 Å². The van der Waals surface area contributed by atoms with Gasteiger partial charge >= 0.3 is 0 Å². The predicted molar refractivity (Wildman–Crippen MR) is 83.7 cm³/mol. The number of halogens is 2. The molecule has 0 bridgehead atoms. The molecule has 19 heavy (non-hydrogen) atoms. The van der Waals surface area contributed by atoms with Gasteiger partial charge in [0, 0.05) is 6.54 Å². The van der Waals surface area contributed by atoms with Crippen molar-refractivity contribution in [1.29, 1.82) is 0 Å². The third-order valence-corrected chi connectivity index (χ3v) is 5.50. The molecule has 0 unspecified atom stereocenters. The SMILES string of the molecule is CSCCCCNS(=O)(=O)c1ccc(Cl)c(N)c1Cl. The van der Waals surface area contributed by atoms with E-state index in [1.165, 1.54) is 12.1 Å². The van der Waals surface area contributed by atoms with Gasteiger partial charge in [-0.05, 0) is 37.0 Å². The van der Waals surface area contributed by atoms with Crippen LogP contribution in [0.15, 0.2) is 17.0 Å². The summed E-state index contributed by atoms with van der Waals surface area (Å²) in [6.45, 7) is 0.377. The minimum absolute atomic E-state index is 0.0379. The van der Waals surface area contributed by atoms with Crippen molar-refractivity contribution in [3.63, 3.8) is 0 Å². The Morgan fingerprint density at radius 1 is 1.32 bits per heavy atom. The maximum Gasteiger partial charge on any atom is 0.242 e. The molecular weight excluding hydrogens is 327 g/mol. The predicted octanol–water partition coefficient (Wildman–Crippen LogP) is 3.00. The quantitative estimate of drug-likeness (QED) is 0.590. The molecule has 0 aliphatic carbocycles. The van der Waals surface area contributed by atoms with Crippen molar-refractivity contribution in [1.82, 2.24) is 4.72 Å². The average Bonchev–Trinajstić information content (AvgIpc) is 2.35. The second-order valence-electron chi connectivity index (χ2n) is 3.87. The molecule has 3 N–H and O–H groups in total. The third kappa shape index (κ3) is 4.72. The molecule has 0 atom stereocenters. The fourth-order valence-corrected chi connectivity index (χ4v) is 3.74. The molecule has 0 aliphatic heterocycles. The van der Waals surface area contributed by atoms with E-state index in [1.54, 1.807) is 11.8 Å². The molecule has 1 rings (SSSR count). The topological polar surface area (TPSA) is 72.2 Å². The zero-order chi connectivity index (χ0) is 14.5. The van der Waals surface area contributed by atoms with Crippen LogP contribution in [0, 0.1) is 0 Å². The van der Waals surface area contributed by atoms with E-state index in [1.807, 2.05) is 6.26 Å². The van der Waals surface area contributed by atoms with Crippen LogP contribution in [0.4, 0.5) is 5.69 Å². The van der Waals surface area contributed by atoms with Crippen LogP contribution < -0.4 is 10.5 Å². The molecule has 1 aromatic carbocycles. The maximum absolute atomic E-state index is 12.0. The van der Waals surface area contributed by atoms with E-state index in [-0.39, 0.29) is 20.6 Å². The standard InChI is InChI=1S/C11H16Cl2N2O2S2/c1-18-7-3-2-6-15-19(16,17)9-5-4-8(12)11(14)10(9)13/h4-5,15H,2-3,6-7,14H2,1H3. The highest BCUT2D eigenvalue weighted by molar-refractivity contribution is 7.98. The highest BCUT2D eigenvalue weighted by Crippen LogP contribution is 2.32. The van der Waals surface area contributed by atoms with Crippen LogP contribution in [-0.4, -0.2) is 27.0 Å². The summed E-state index contributed by atoms with van der Waals surface area (Å²) in [4.78, 5) is -0.0408. The van der Waals surface area contributed by atoms with Crippen LogP contribution in [0.5, 0.6) is 0 Å². The van der Waals surface area contributed by atoms with Crippen molar-refractivity contribution in [3.05, 3.63) is 22.2 Å². The smallest absolute Gasteiger partial charge is 0.242 e. The number of thioether (sulfide) groups is 1. The Labute approximate surface area is 128 Å². The van der Waals surface area contributed by atoms with E-state index in [2.05, 4.69) is 4.72 Å². The van der Waals surface area contributed by atoms with Crippen LogP contribution in [0.3, 0.4) is 0 Å². The summed E-state index contributed by atoms with van der Waals surface area (Å²) in [5.41, 5.74) is 5.69. The summed E-state index contributed by atoms with van der Waals surface area (Å²) in [7, 11) is -3.64. The van der Waals surface area contributed by atoms with Crippen LogP contribution >= 0.6 is 35.0 Å². The molecule has 0 saturated heterocycles. The van der Waals surface area contributed by atoms with E-state index in [0.29, 0.717) is 6.54 Å². The zero-order valence-electron chi connectivity index (χ0n) is 10.4. The van der Waals surface area contributed by atoms with Gasteiger partial charge in [-0.1, -0.05) is 23.2 Å². The van der Waals surface area contributed by atoms with Crippen LogP contribution in [-0.2, 0) is 10.0 Å². The molecule has 0 saturated carbocycles. The summed E-state index contributed by atoms with van der Waals surface area (Å²) in [6, 6.07) is 2.77. The summed E-state index contributed by atoms with van der Waals surface area (Å²) in [5, 5.41) is 0.202. The molecule has 4 nitrogen and oxygen atoms in total. The number of anilines is 1. The number of hydrogen-bond acceptors (Lipinski definition) is 4. The van der Waals surface area contributed by atoms with Gasteiger partial charge in [0.05, 0.1) is 15.7 Å². The van der Waals surface area contributed by atoms with Gasteiger partial charge in [0.1, 0.15) is 4.90 Å². The zero-order valence-corrected chi connectivity index (χ0v) is 13.6. The molecule has 0 radical (unpaired) electrons. The first-order chi connectivity index (χ1) is 8.90. The maximum atomic E-state index is 12.0. The number of nitrogens with one attached hydrogen (secondary N) is 1. The lowest BCUT2D eigenvalue weighted by molar-refractivity contribution is 0.578. The first-order valence-electron chi connectivity index (χ1n) is 5.62. The van der Waals surface area contributed by atoms with Crippen LogP contribution in [0.2, 0.25) is 10.0 Å². The first-order valence-corrected chi connectivity index (χ1v) is 9.25. The summed E-state index contributed by atoms with van der Waals surface area (Å²) >= 11 is 13.4. The molecule has 0 aromatic heterocycles. The Bertz CT molecular complexity index is 536. The van der Waals surface area contributed by atoms with E-state index in [9.17, 15) is 8.42 Å². The second kappa shape index (κ2) is 7.59. The summed E-state index contributed by atoms with van der Waals surface area (Å²) < 4.78 is 26.6. The molecule has 0 spiro atoms. The van der Waals surface area contributed by atoms with E-state index < -0.39 is 10.0 Å². The normalized spacial score (nSPS) is 11.7. The number of benzene rings is 1. The highest BCUT2D eigenvalue weighted by atomic mass is 35.5. The van der Waals surface area contributed by atoms with Crippen LogP contribution in [0.1, 0.15) is 12.8 Å². The lowest BCUT2D eigenvalue weighted by atomic mass is 10.3. The lowest BCUT2D eigenvalue weighted by Crippen LogP contribution is -2.25. The Hall–Kier alpha value is -0.140. The van der Waals surface area contributed by atoms with Gasteiger partial charge in [-0.3, -0.25) is 0 Å². The number of hydrogen-bond donors (Lipinski definition) is 2. The lowest BCUT2D eigenvalue weighted by Gasteiger charge is -2.10. The number of nitrogens with two attached hydrogens (primary N) is 1. The first kappa shape index (κ1) is 16.9. The molecule has 0 fully saturated rings. The Morgan fingerprint density at radius 3 is 2.63 bits per heavy atom. The summed E-state index contributed by atoms with van der Waals surface area (Å²) in [6.07, 6.45) is 3.75. The largest absolute Gasteiger partial charge is 0.396 e. The number of rotatable bonds is 7. The molecule has 0 heterocycles. The molecular formula is C11H16Cl2N2O2S2. The molecule has 1 aromatic rings. The van der Waals surface area contributed by atoms with Gasteiger partial charge in [-0.15, -0.1) is 0 Å². The molecule has 0 aliphatic rings. The van der Waals surface area contributed by atoms with Gasteiger partial charge in [0.15, 0.2) is 0 Å². The summed E-state index contributed by atoms with van der Waals surface area (Å²) in [5.74, 6) is 1.01. The van der Waals surface area contributed by atoms with Crippen molar-refractivity contribution in [2.75, 3.05) is 24.3 Å². The van der Waals surface area contributed by atoms with Crippen molar-refractivity contribution in [2.45, 2.75) is 17.7 Å². The second-order valence-corrected chi connectivity index (χ2v) is 7.38. The van der Waals surface area contributed by atoms with Gasteiger partial charge in [0.25, 0.3) is 0 Å². The molecule has 8 heteroatoms. The Balaban J connectivity index is 2.75. The van der Waals surface area contributed by atoms with E-state index in [4.69, 9.17) is 28.9 Å². The monoisotopic (exact) mass is 342 g/mol. The highest BCUT2D eigenvalue weighted by Gasteiger charge is 2.20. The fourth-order valence-electron chi connectivity index (χ4n) is 1.41. The van der Waals surface area contributed by atoms with Gasteiger partial charge in [-0.2, -0.15) is 11.8 Å².